The predicted molar refractivity (Wildman–Crippen MR) is 357 cm³/mol. The fourth-order valence-electron chi connectivity index (χ4n) is 12.0. The van der Waals surface area contributed by atoms with E-state index >= 15 is 0 Å². The third-order valence-corrected chi connectivity index (χ3v) is 17.8. The van der Waals surface area contributed by atoms with E-state index in [9.17, 15) is 35.1 Å². The second-order valence-electron chi connectivity index (χ2n) is 26.0. The number of allylic oxidation sites excluding steroid dienone is 3. The van der Waals surface area contributed by atoms with Gasteiger partial charge in [-0.1, -0.05) is 340 Å². The highest BCUT2D eigenvalue weighted by Gasteiger charge is 2.44. The summed E-state index contributed by atoms with van der Waals surface area (Å²) < 4.78 is 16.8. The van der Waals surface area contributed by atoms with Crippen LogP contribution < -0.4 is 5.32 Å². The van der Waals surface area contributed by atoms with Gasteiger partial charge in [0.05, 0.1) is 32.0 Å². The lowest BCUT2D eigenvalue weighted by Gasteiger charge is -2.40. The summed E-state index contributed by atoms with van der Waals surface area (Å²) in [5.74, 6) is -0.172. The Balaban J connectivity index is 1.96. The molecule has 85 heavy (non-hydrogen) atoms. The normalized spacial score (nSPS) is 18.0. The average Bonchev–Trinajstić information content (AvgIpc) is 3.40. The Labute approximate surface area is 524 Å². The number of rotatable bonds is 66. The lowest BCUT2D eigenvalue weighted by atomic mass is 9.99. The number of unbranched alkanes of at least 4 members (excludes halogenated alkanes) is 50. The molecule has 1 rings (SSSR count). The first-order chi connectivity index (χ1) is 41.7. The van der Waals surface area contributed by atoms with E-state index in [1.54, 1.807) is 6.08 Å². The molecule has 1 heterocycles. The molecule has 0 aromatic heterocycles. The zero-order valence-electron chi connectivity index (χ0n) is 55.8. The van der Waals surface area contributed by atoms with Crippen molar-refractivity contribution >= 4 is 11.9 Å². The van der Waals surface area contributed by atoms with Gasteiger partial charge in [-0.3, -0.25) is 9.59 Å². The minimum Gasteiger partial charge on any atom is -0.466 e. The Kier molecular flexibility index (Phi) is 60.8. The smallest absolute Gasteiger partial charge is 0.305 e. The van der Waals surface area contributed by atoms with Crippen LogP contribution in [0.5, 0.6) is 0 Å². The zero-order chi connectivity index (χ0) is 61.6. The quantitative estimate of drug-likeness (QED) is 0.0195. The molecule has 0 bridgehead atoms. The van der Waals surface area contributed by atoms with Crippen LogP contribution in [0.3, 0.4) is 0 Å². The number of amides is 1. The van der Waals surface area contributed by atoms with E-state index < -0.39 is 49.5 Å². The van der Waals surface area contributed by atoms with Crippen LogP contribution in [0, 0.1) is 0 Å². The number of ether oxygens (including phenoxy) is 3. The van der Waals surface area contributed by atoms with Crippen LogP contribution in [-0.4, -0.2) is 100 Å². The Bertz CT molecular complexity index is 1460. The van der Waals surface area contributed by atoms with E-state index in [1.165, 1.54) is 295 Å². The van der Waals surface area contributed by atoms with E-state index in [2.05, 4.69) is 31.3 Å². The van der Waals surface area contributed by atoms with Crippen LogP contribution in [0.1, 0.15) is 373 Å². The average molecular weight is 1200 g/mol. The largest absolute Gasteiger partial charge is 0.466 e. The number of carbonyl (C=O) groups is 2. The van der Waals surface area contributed by atoms with E-state index in [0.717, 1.165) is 51.4 Å². The highest BCUT2D eigenvalue weighted by molar-refractivity contribution is 5.76. The maximum atomic E-state index is 13.1. The Morgan fingerprint density at radius 3 is 1.16 bits per heavy atom. The van der Waals surface area contributed by atoms with E-state index in [0.29, 0.717) is 19.4 Å². The van der Waals surface area contributed by atoms with Crippen LogP contribution in [0.25, 0.3) is 0 Å². The molecule has 1 saturated heterocycles. The zero-order valence-corrected chi connectivity index (χ0v) is 55.8. The van der Waals surface area contributed by atoms with Crippen LogP contribution in [0.4, 0.5) is 0 Å². The molecular weight excluding hydrogens is 1060 g/mol. The molecule has 11 nitrogen and oxygen atoms in total. The third-order valence-electron chi connectivity index (χ3n) is 17.8. The van der Waals surface area contributed by atoms with Crippen molar-refractivity contribution in [3.63, 3.8) is 0 Å². The molecular formula is C74H141NO10. The number of hydrogen-bond donors (Lipinski definition) is 6. The summed E-state index contributed by atoms with van der Waals surface area (Å²) in [5.41, 5.74) is 0. The summed E-state index contributed by atoms with van der Waals surface area (Å²) in [5, 5.41) is 54.6. The third kappa shape index (κ3) is 52.6. The maximum Gasteiger partial charge on any atom is 0.305 e. The standard InChI is InChI=1S/C74H141NO10/c1-3-5-7-9-11-13-15-16-34-37-41-44-48-52-56-60-67(77)66(65-84-74-73(82)72(81)71(80)68(64-76)85-74)75-69(78)61-57-53-49-45-42-38-35-32-30-28-26-24-22-20-18-17-19-21-23-25-27-29-31-33-36-39-43-47-51-55-59-63-83-70(79)62-58-54-50-46-40-14-12-10-8-6-4-2/h41,44,56,60,66-68,71-74,76-77,80-82H,3-40,42-43,45-55,57-59,61-65H2,1-2H3,(H,75,78)/b44-41+,60-56+. The monoisotopic (exact) mass is 1200 g/mol. The van der Waals surface area contributed by atoms with Gasteiger partial charge in [-0.2, -0.15) is 0 Å². The lowest BCUT2D eigenvalue weighted by Crippen LogP contribution is -2.60. The van der Waals surface area contributed by atoms with Crippen molar-refractivity contribution in [2.24, 2.45) is 0 Å². The van der Waals surface area contributed by atoms with Gasteiger partial charge >= 0.3 is 5.97 Å². The summed E-state index contributed by atoms with van der Waals surface area (Å²) in [6, 6.07) is -0.824. The number of carbonyl (C=O) groups excluding carboxylic acids is 2. The van der Waals surface area contributed by atoms with Gasteiger partial charge < -0.3 is 45.1 Å². The Morgan fingerprint density at radius 1 is 0.424 bits per heavy atom. The van der Waals surface area contributed by atoms with Crippen LogP contribution in [0.15, 0.2) is 24.3 Å². The molecule has 1 aliphatic heterocycles. The van der Waals surface area contributed by atoms with Crippen molar-refractivity contribution in [1.29, 1.82) is 0 Å². The number of esters is 1. The Hall–Kier alpha value is -1.86. The maximum absolute atomic E-state index is 13.1. The second kappa shape index (κ2) is 63.7. The first kappa shape index (κ1) is 81.2. The van der Waals surface area contributed by atoms with Gasteiger partial charge in [0.25, 0.3) is 0 Å². The van der Waals surface area contributed by atoms with Crippen molar-refractivity contribution in [2.75, 3.05) is 19.8 Å². The lowest BCUT2D eigenvalue weighted by molar-refractivity contribution is -0.302. The summed E-state index contributed by atoms with van der Waals surface area (Å²) >= 11 is 0. The molecule has 6 N–H and O–H groups in total. The fourth-order valence-corrected chi connectivity index (χ4v) is 12.0. The van der Waals surface area contributed by atoms with Gasteiger partial charge in [0.2, 0.25) is 5.91 Å². The van der Waals surface area contributed by atoms with Gasteiger partial charge in [-0.05, 0) is 44.9 Å². The van der Waals surface area contributed by atoms with E-state index in [1.807, 2.05) is 6.08 Å². The molecule has 0 aliphatic carbocycles. The molecule has 7 atom stereocenters. The minimum atomic E-state index is -1.57. The second-order valence-corrected chi connectivity index (χ2v) is 26.0. The molecule has 0 spiro atoms. The topological polar surface area (TPSA) is 175 Å². The SMILES string of the molecule is CCCCCCCCCCC/C=C/CC/C=C/C(O)C(COC1OC(CO)C(O)C(O)C1O)NC(=O)CCCCCCCCCCCCCCCCCCCCCCCCCCCCCCCCCOC(=O)CCCCCCCCCCCCC. The number of aliphatic hydroxyl groups is 5. The van der Waals surface area contributed by atoms with Gasteiger partial charge in [-0.15, -0.1) is 0 Å². The summed E-state index contributed by atoms with van der Waals surface area (Å²) in [4.78, 5) is 25.1. The van der Waals surface area contributed by atoms with Crippen molar-refractivity contribution < 1.29 is 49.3 Å². The molecule has 0 radical (unpaired) electrons. The highest BCUT2D eigenvalue weighted by atomic mass is 16.7. The van der Waals surface area contributed by atoms with Crippen molar-refractivity contribution in [1.82, 2.24) is 5.32 Å². The van der Waals surface area contributed by atoms with Gasteiger partial charge in [-0.25, -0.2) is 0 Å². The van der Waals surface area contributed by atoms with Crippen LogP contribution >= 0.6 is 0 Å². The first-order valence-electron chi connectivity index (χ1n) is 37.1. The predicted octanol–water partition coefficient (Wildman–Crippen LogP) is 19.2. The number of aliphatic hydroxyl groups excluding tert-OH is 5. The van der Waals surface area contributed by atoms with Crippen molar-refractivity contribution in [2.45, 2.75) is 416 Å². The van der Waals surface area contributed by atoms with E-state index in [-0.39, 0.29) is 18.5 Å². The molecule has 0 saturated carbocycles. The molecule has 0 aromatic carbocycles. The molecule has 502 valence electrons. The van der Waals surface area contributed by atoms with Gasteiger partial charge in [0, 0.05) is 12.8 Å². The fraction of sp³-hybridized carbons (Fsp3) is 0.919. The number of hydrogen-bond acceptors (Lipinski definition) is 10. The minimum absolute atomic E-state index is 0.0129. The summed E-state index contributed by atoms with van der Waals surface area (Å²) in [6.07, 6.45) is 70.4. The molecule has 1 fully saturated rings. The molecule has 1 aliphatic rings. The van der Waals surface area contributed by atoms with E-state index in [4.69, 9.17) is 14.2 Å². The van der Waals surface area contributed by atoms with Crippen molar-refractivity contribution in [3.05, 3.63) is 24.3 Å². The van der Waals surface area contributed by atoms with Crippen molar-refractivity contribution in [3.8, 4) is 0 Å². The Morgan fingerprint density at radius 2 is 0.765 bits per heavy atom. The summed E-state index contributed by atoms with van der Waals surface area (Å²) in [7, 11) is 0. The molecule has 7 unspecified atom stereocenters. The first-order valence-corrected chi connectivity index (χ1v) is 37.1. The molecule has 0 aromatic rings. The molecule has 1 amide bonds. The number of nitrogens with one attached hydrogen (secondary N) is 1. The highest BCUT2D eigenvalue weighted by Crippen LogP contribution is 2.24. The van der Waals surface area contributed by atoms with Crippen LogP contribution in [-0.2, 0) is 23.8 Å². The molecule has 11 heteroatoms. The summed E-state index contributed by atoms with van der Waals surface area (Å²) in [6.45, 7) is 4.37. The van der Waals surface area contributed by atoms with Gasteiger partial charge in [0.1, 0.15) is 24.4 Å². The van der Waals surface area contributed by atoms with Crippen LogP contribution in [0.2, 0.25) is 0 Å². The van der Waals surface area contributed by atoms with Gasteiger partial charge in [0.15, 0.2) is 6.29 Å².